The first-order valence-corrected chi connectivity index (χ1v) is 8.22. The molecule has 1 fully saturated rings. The third kappa shape index (κ3) is 4.57. The van der Waals surface area contributed by atoms with Gasteiger partial charge >= 0.3 is 5.97 Å². The Labute approximate surface area is 142 Å². The maximum absolute atomic E-state index is 12.1. The molecule has 0 saturated carbocycles. The maximum Gasteiger partial charge on any atom is 0.338 e. The van der Waals surface area contributed by atoms with Crippen LogP contribution in [0.1, 0.15) is 48.5 Å². The standard InChI is InChI=1S/C18H24N2O4/c1-12(2)13-3-5-15(6-4-13)18(23)24-11-16(21)20-9-7-14(8-10-20)17(19)22/h3-6,12,14H,7-11H2,1-2H3,(H2,19,22). The highest BCUT2D eigenvalue weighted by Gasteiger charge is 2.26. The van der Waals surface area contributed by atoms with Gasteiger partial charge in [-0.3, -0.25) is 9.59 Å². The van der Waals surface area contributed by atoms with Crippen molar-refractivity contribution in [1.82, 2.24) is 4.90 Å². The number of nitrogens with two attached hydrogens (primary N) is 1. The maximum atomic E-state index is 12.1. The number of benzene rings is 1. The number of primary amides is 1. The Morgan fingerprint density at radius 1 is 1.17 bits per heavy atom. The SMILES string of the molecule is CC(C)c1ccc(C(=O)OCC(=O)N2CCC(C(N)=O)CC2)cc1. The van der Waals surface area contributed by atoms with E-state index in [9.17, 15) is 14.4 Å². The van der Waals surface area contributed by atoms with E-state index in [1.165, 1.54) is 0 Å². The number of hydrogen-bond donors (Lipinski definition) is 1. The van der Waals surface area contributed by atoms with Gasteiger partial charge in [-0.05, 0) is 36.5 Å². The lowest BCUT2D eigenvalue weighted by Crippen LogP contribution is -2.43. The van der Waals surface area contributed by atoms with Crippen LogP contribution in [-0.4, -0.2) is 42.4 Å². The normalized spacial score (nSPS) is 15.4. The predicted octanol–water partition coefficient (Wildman–Crippen LogP) is 1.69. The second-order valence-corrected chi connectivity index (χ2v) is 6.41. The van der Waals surface area contributed by atoms with Gasteiger partial charge in [-0.1, -0.05) is 26.0 Å². The fourth-order valence-corrected chi connectivity index (χ4v) is 2.72. The Hall–Kier alpha value is -2.37. The van der Waals surface area contributed by atoms with Crippen LogP contribution in [0.25, 0.3) is 0 Å². The van der Waals surface area contributed by atoms with Crippen molar-refractivity contribution in [3.05, 3.63) is 35.4 Å². The molecule has 1 saturated heterocycles. The molecule has 2 amide bonds. The van der Waals surface area contributed by atoms with Crippen molar-refractivity contribution < 1.29 is 19.1 Å². The molecule has 1 aliphatic rings. The van der Waals surface area contributed by atoms with E-state index >= 15 is 0 Å². The first kappa shape index (κ1) is 18.0. The van der Waals surface area contributed by atoms with E-state index in [4.69, 9.17) is 10.5 Å². The molecule has 1 heterocycles. The van der Waals surface area contributed by atoms with Gasteiger partial charge in [0, 0.05) is 19.0 Å². The third-order valence-corrected chi connectivity index (χ3v) is 4.39. The van der Waals surface area contributed by atoms with Crippen LogP contribution in [0.4, 0.5) is 0 Å². The largest absolute Gasteiger partial charge is 0.452 e. The quantitative estimate of drug-likeness (QED) is 0.831. The molecule has 0 unspecified atom stereocenters. The van der Waals surface area contributed by atoms with E-state index < -0.39 is 5.97 Å². The lowest BCUT2D eigenvalue weighted by Gasteiger charge is -2.30. The molecule has 0 bridgehead atoms. The van der Waals surface area contributed by atoms with Crippen molar-refractivity contribution in [2.24, 2.45) is 11.7 Å². The zero-order valence-corrected chi connectivity index (χ0v) is 14.2. The molecule has 0 aromatic heterocycles. The lowest BCUT2D eigenvalue weighted by atomic mass is 9.96. The van der Waals surface area contributed by atoms with Gasteiger partial charge < -0.3 is 15.4 Å². The number of amides is 2. The van der Waals surface area contributed by atoms with Crippen LogP contribution in [0.15, 0.2) is 24.3 Å². The third-order valence-electron chi connectivity index (χ3n) is 4.39. The Morgan fingerprint density at radius 3 is 2.25 bits per heavy atom. The van der Waals surface area contributed by atoms with E-state index in [2.05, 4.69) is 13.8 Å². The topological polar surface area (TPSA) is 89.7 Å². The number of ether oxygens (including phenoxy) is 1. The van der Waals surface area contributed by atoms with Gasteiger partial charge in [0.15, 0.2) is 6.61 Å². The second kappa shape index (κ2) is 7.95. The minimum atomic E-state index is -0.509. The summed E-state index contributed by atoms with van der Waals surface area (Å²) in [5.74, 6) is -0.856. The van der Waals surface area contributed by atoms with E-state index in [1.807, 2.05) is 12.1 Å². The number of carbonyl (C=O) groups excluding carboxylic acids is 3. The van der Waals surface area contributed by atoms with Crippen molar-refractivity contribution >= 4 is 17.8 Å². The molecule has 2 rings (SSSR count). The van der Waals surface area contributed by atoms with E-state index in [1.54, 1.807) is 17.0 Å². The summed E-state index contributed by atoms with van der Waals surface area (Å²) >= 11 is 0. The van der Waals surface area contributed by atoms with Crippen LogP contribution in [0, 0.1) is 5.92 Å². The first-order chi connectivity index (χ1) is 11.4. The monoisotopic (exact) mass is 332 g/mol. The molecule has 24 heavy (non-hydrogen) atoms. The molecule has 0 aliphatic carbocycles. The molecule has 6 heteroatoms. The van der Waals surface area contributed by atoms with Crippen LogP contribution in [0.5, 0.6) is 0 Å². The molecular weight excluding hydrogens is 308 g/mol. The minimum Gasteiger partial charge on any atom is -0.452 e. The smallest absolute Gasteiger partial charge is 0.338 e. The molecule has 130 valence electrons. The average molecular weight is 332 g/mol. The Bertz CT molecular complexity index is 602. The van der Waals surface area contributed by atoms with E-state index in [0.717, 1.165) is 5.56 Å². The van der Waals surface area contributed by atoms with E-state index in [0.29, 0.717) is 37.4 Å². The number of hydrogen-bond acceptors (Lipinski definition) is 4. The molecule has 1 aromatic rings. The number of likely N-dealkylation sites (tertiary alicyclic amines) is 1. The number of rotatable bonds is 5. The van der Waals surface area contributed by atoms with Gasteiger partial charge in [-0.25, -0.2) is 4.79 Å². The van der Waals surface area contributed by atoms with Gasteiger partial charge in [-0.2, -0.15) is 0 Å². The van der Waals surface area contributed by atoms with Gasteiger partial charge in [0.25, 0.3) is 5.91 Å². The van der Waals surface area contributed by atoms with Crippen molar-refractivity contribution in [3.63, 3.8) is 0 Å². The zero-order valence-electron chi connectivity index (χ0n) is 14.2. The van der Waals surface area contributed by atoms with Crippen molar-refractivity contribution in [2.45, 2.75) is 32.6 Å². The molecule has 6 nitrogen and oxygen atoms in total. The molecule has 1 aromatic carbocycles. The second-order valence-electron chi connectivity index (χ2n) is 6.41. The van der Waals surface area contributed by atoms with Crippen molar-refractivity contribution in [3.8, 4) is 0 Å². The first-order valence-electron chi connectivity index (χ1n) is 8.22. The molecular formula is C18H24N2O4. The van der Waals surface area contributed by atoms with Gasteiger partial charge in [0.2, 0.25) is 5.91 Å². The van der Waals surface area contributed by atoms with Gasteiger partial charge in [0.1, 0.15) is 0 Å². The van der Waals surface area contributed by atoms with Crippen molar-refractivity contribution in [1.29, 1.82) is 0 Å². The fraction of sp³-hybridized carbons (Fsp3) is 0.500. The van der Waals surface area contributed by atoms with Crippen LogP contribution in [0.3, 0.4) is 0 Å². The predicted molar refractivity (Wildman–Crippen MR) is 89.3 cm³/mol. The van der Waals surface area contributed by atoms with Crippen molar-refractivity contribution in [2.75, 3.05) is 19.7 Å². The summed E-state index contributed by atoms with van der Waals surface area (Å²) in [6.07, 6.45) is 1.12. The van der Waals surface area contributed by atoms with Crippen LogP contribution in [-0.2, 0) is 14.3 Å². The number of esters is 1. The summed E-state index contributed by atoms with van der Waals surface area (Å²) in [5.41, 5.74) is 6.84. The Kier molecular flexibility index (Phi) is 5.95. The van der Waals surface area contributed by atoms with Gasteiger partial charge in [0.05, 0.1) is 5.56 Å². The van der Waals surface area contributed by atoms with Crippen LogP contribution in [0.2, 0.25) is 0 Å². The molecule has 0 atom stereocenters. The number of nitrogens with zero attached hydrogens (tertiary/aromatic N) is 1. The summed E-state index contributed by atoms with van der Waals surface area (Å²) in [6, 6.07) is 7.19. The summed E-state index contributed by atoms with van der Waals surface area (Å²) in [4.78, 5) is 36.8. The number of carbonyl (C=O) groups is 3. The highest BCUT2D eigenvalue weighted by molar-refractivity contribution is 5.91. The number of piperidine rings is 1. The molecule has 1 aliphatic heterocycles. The summed E-state index contributed by atoms with van der Waals surface area (Å²) in [7, 11) is 0. The van der Waals surface area contributed by atoms with E-state index in [-0.39, 0.29) is 24.3 Å². The molecule has 2 N–H and O–H groups in total. The zero-order chi connectivity index (χ0) is 17.7. The Morgan fingerprint density at radius 2 is 1.75 bits per heavy atom. The minimum absolute atomic E-state index is 0.170. The molecule has 0 radical (unpaired) electrons. The van der Waals surface area contributed by atoms with Gasteiger partial charge in [-0.15, -0.1) is 0 Å². The molecule has 0 spiro atoms. The van der Waals surface area contributed by atoms with Crippen LogP contribution >= 0.6 is 0 Å². The highest BCUT2D eigenvalue weighted by atomic mass is 16.5. The average Bonchev–Trinajstić information content (AvgIpc) is 2.59. The fourth-order valence-electron chi connectivity index (χ4n) is 2.72. The summed E-state index contributed by atoms with van der Waals surface area (Å²) < 4.78 is 5.10. The lowest BCUT2D eigenvalue weighted by molar-refractivity contribution is -0.137. The highest BCUT2D eigenvalue weighted by Crippen LogP contribution is 2.17. The van der Waals surface area contributed by atoms with Crippen LogP contribution < -0.4 is 5.73 Å². The summed E-state index contributed by atoms with van der Waals surface area (Å²) in [6.45, 7) is 4.80. The Balaban J connectivity index is 1.81. The summed E-state index contributed by atoms with van der Waals surface area (Å²) in [5, 5.41) is 0.